The fourth-order valence-electron chi connectivity index (χ4n) is 3.18. The van der Waals surface area contributed by atoms with Crippen LogP contribution < -0.4 is 5.32 Å². The van der Waals surface area contributed by atoms with Crippen molar-refractivity contribution in [3.05, 3.63) is 70.9 Å². The molecule has 28 heavy (non-hydrogen) atoms. The molecule has 1 aromatic heterocycles. The number of carbonyl (C=O) groups is 2. The lowest BCUT2D eigenvalue weighted by Crippen LogP contribution is -2.24. The molecule has 4 rings (SSSR count). The third-order valence-electron chi connectivity index (χ3n) is 4.58. The quantitative estimate of drug-likeness (QED) is 0.700. The number of halogens is 1. The number of thiazole rings is 1. The van der Waals surface area contributed by atoms with Crippen LogP contribution in [0.25, 0.3) is 11.3 Å². The van der Waals surface area contributed by atoms with Gasteiger partial charge in [0.2, 0.25) is 5.91 Å². The number of carbonyl (C=O) groups excluding carboxylic acids is 2. The van der Waals surface area contributed by atoms with E-state index >= 15 is 0 Å². The zero-order chi connectivity index (χ0) is 19.5. The second-order valence-corrected chi connectivity index (χ2v) is 7.48. The molecule has 1 saturated heterocycles. The molecule has 2 heterocycles. The van der Waals surface area contributed by atoms with Gasteiger partial charge in [-0.05, 0) is 36.2 Å². The molecule has 0 atom stereocenters. The van der Waals surface area contributed by atoms with Crippen molar-refractivity contribution in [3.8, 4) is 11.3 Å². The molecule has 5 nitrogen and oxygen atoms in total. The predicted octanol–water partition coefficient (Wildman–Crippen LogP) is 4.32. The minimum absolute atomic E-state index is 0.155. The van der Waals surface area contributed by atoms with Gasteiger partial charge < -0.3 is 4.90 Å². The van der Waals surface area contributed by atoms with Gasteiger partial charge in [0.25, 0.3) is 5.91 Å². The summed E-state index contributed by atoms with van der Waals surface area (Å²) in [6.07, 6.45) is 1.48. The average Bonchev–Trinajstić information content (AvgIpc) is 3.31. The maximum Gasteiger partial charge on any atom is 0.257 e. The molecule has 3 aromatic rings. The Hall–Kier alpha value is -3.06. The van der Waals surface area contributed by atoms with Crippen LogP contribution in [0.5, 0.6) is 0 Å². The molecule has 1 aliphatic heterocycles. The maximum atomic E-state index is 13.4. The molecule has 0 radical (unpaired) electrons. The summed E-state index contributed by atoms with van der Waals surface area (Å²) in [7, 11) is 0. The number of nitrogens with one attached hydrogen (secondary N) is 1. The molecule has 142 valence electrons. The molecule has 0 bridgehead atoms. The molecule has 0 spiro atoms. The van der Waals surface area contributed by atoms with E-state index in [-0.39, 0.29) is 17.6 Å². The largest absolute Gasteiger partial charge is 0.338 e. The molecule has 1 fully saturated rings. The summed E-state index contributed by atoms with van der Waals surface area (Å²) in [5.41, 5.74) is 2.70. The minimum Gasteiger partial charge on any atom is -0.338 e. The third-order valence-corrected chi connectivity index (χ3v) is 5.34. The molecule has 0 saturated carbocycles. The van der Waals surface area contributed by atoms with Gasteiger partial charge in [-0.2, -0.15) is 0 Å². The Bertz CT molecular complexity index is 1030. The van der Waals surface area contributed by atoms with Crippen molar-refractivity contribution >= 4 is 28.3 Å². The smallest absolute Gasteiger partial charge is 0.257 e. The highest BCUT2D eigenvalue weighted by molar-refractivity contribution is 7.14. The van der Waals surface area contributed by atoms with E-state index in [1.807, 2.05) is 17.0 Å². The first-order chi connectivity index (χ1) is 13.6. The highest BCUT2D eigenvalue weighted by Crippen LogP contribution is 2.26. The van der Waals surface area contributed by atoms with E-state index in [0.717, 1.165) is 18.5 Å². The van der Waals surface area contributed by atoms with Gasteiger partial charge in [0.05, 0.1) is 5.69 Å². The van der Waals surface area contributed by atoms with Crippen molar-refractivity contribution in [1.82, 2.24) is 9.88 Å². The van der Waals surface area contributed by atoms with Crippen molar-refractivity contribution in [1.29, 1.82) is 0 Å². The summed E-state index contributed by atoms with van der Waals surface area (Å²) >= 11 is 1.29. The number of rotatable bonds is 5. The van der Waals surface area contributed by atoms with E-state index in [2.05, 4.69) is 10.3 Å². The van der Waals surface area contributed by atoms with Crippen LogP contribution in [0.15, 0.2) is 53.9 Å². The van der Waals surface area contributed by atoms with Crippen molar-refractivity contribution < 1.29 is 14.0 Å². The lowest BCUT2D eigenvalue weighted by molar-refractivity contribution is -0.128. The number of hydrogen-bond donors (Lipinski definition) is 1. The molecule has 0 aliphatic carbocycles. The number of anilines is 1. The Morgan fingerprint density at radius 1 is 1.21 bits per heavy atom. The molecule has 2 aromatic carbocycles. The summed E-state index contributed by atoms with van der Waals surface area (Å²) in [6, 6.07) is 13.4. The van der Waals surface area contributed by atoms with Crippen LogP contribution in [-0.4, -0.2) is 28.2 Å². The van der Waals surface area contributed by atoms with Gasteiger partial charge in [0, 0.05) is 36.0 Å². The van der Waals surface area contributed by atoms with Crippen LogP contribution in [0, 0.1) is 5.82 Å². The van der Waals surface area contributed by atoms with E-state index in [1.165, 1.54) is 23.5 Å². The van der Waals surface area contributed by atoms with Crippen LogP contribution >= 0.6 is 11.3 Å². The van der Waals surface area contributed by atoms with E-state index in [9.17, 15) is 14.0 Å². The monoisotopic (exact) mass is 395 g/mol. The Kier molecular flexibility index (Phi) is 5.16. The highest BCUT2D eigenvalue weighted by atomic mass is 32.1. The standard InChI is InChI=1S/C21H18FN3O2S/c22-17-7-2-5-15(11-17)18-13-28-21(23-18)24-20(27)16-6-1-4-14(10-16)12-25-9-3-8-19(25)26/h1-2,4-7,10-11,13H,3,8-9,12H2,(H,23,24,27). The van der Waals surface area contributed by atoms with Crippen LogP contribution in [0.2, 0.25) is 0 Å². The topological polar surface area (TPSA) is 62.3 Å². The Balaban J connectivity index is 1.45. The summed E-state index contributed by atoms with van der Waals surface area (Å²) in [5, 5.41) is 5.01. The van der Waals surface area contributed by atoms with Crippen LogP contribution in [0.1, 0.15) is 28.8 Å². The lowest BCUT2D eigenvalue weighted by Gasteiger charge is -2.15. The van der Waals surface area contributed by atoms with Crippen molar-refractivity contribution in [2.24, 2.45) is 0 Å². The first-order valence-corrected chi connectivity index (χ1v) is 9.86. The molecular formula is C21H18FN3O2S. The van der Waals surface area contributed by atoms with Gasteiger partial charge in [0.1, 0.15) is 5.82 Å². The first-order valence-electron chi connectivity index (χ1n) is 8.98. The molecule has 2 amide bonds. The van der Waals surface area contributed by atoms with Gasteiger partial charge in [0.15, 0.2) is 5.13 Å². The van der Waals surface area contributed by atoms with Gasteiger partial charge in [-0.25, -0.2) is 9.37 Å². The molecule has 1 N–H and O–H groups in total. The summed E-state index contributed by atoms with van der Waals surface area (Å²) in [5.74, 6) is -0.443. The fraction of sp³-hybridized carbons (Fsp3) is 0.190. The van der Waals surface area contributed by atoms with Gasteiger partial charge in [-0.15, -0.1) is 11.3 Å². The Labute approximate surface area is 165 Å². The van der Waals surface area contributed by atoms with Crippen LogP contribution in [0.3, 0.4) is 0 Å². The second kappa shape index (κ2) is 7.90. The summed E-state index contributed by atoms with van der Waals surface area (Å²) in [6.45, 7) is 1.28. The van der Waals surface area contributed by atoms with Gasteiger partial charge in [-0.3, -0.25) is 14.9 Å². The normalized spacial score (nSPS) is 13.8. The minimum atomic E-state index is -0.329. The van der Waals surface area contributed by atoms with E-state index in [1.54, 1.807) is 29.6 Å². The molecule has 7 heteroatoms. The van der Waals surface area contributed by atoms with Crippen molar-refractivity contribution in [3.63, 3.8) is 0 Å². The zero-order valence-corrected chi connectivity index (χ0v) is 15.8. The van der Waals surface area contributed by atoms with E-state index < -0.39 is 0 Å². The predicted molar refractivity (Wildman–Crippen MR) is 107 cm³/mol. The zero-order valence-electron chi connectivity index (χ0n) is 15.0. The Morgan fingerprint density at radius 3 is 2.86 bits per heavy atom. The highest BCUT2D eigenvalue weighted by Gasteiger charge is 2.20. The van der Waals surface area contributed by atoms with Crippen molar-refractivity contribution in [2.45, 2.75) is 19.4 Å². The lowest BCUT2D eigenvalue weighted by atomic mass is 10.1. The number of likely N-dealkylation sites (tertiary alicyclic amines) is 1. The Morgan fingerprint density at radius 2 is 2.07 bits per heavy atom. The number of hydrogen-bond acceptors (Lipinski definition) is 4. The van der Waals surface area contributed by atoms with E-state index in [0.29, 0.717) is 34.9 Å². The molecule has 0 unspecified atom stereocenters. The third kappa shape index (κ3) is 4.09. The van der Waals surface area contributed by atoms with Gasteiger partial charge in [-0.1, -0.05) is 24.3 Å². The second-order valence-electron chi connectivity index (χ2n) is 6.62. The first kappa shape index (κ1) is 18.3. The number of benzene rings is 2. The van der Waals surface area contributed by atoms with Crippen molar-refractivity contribution in [2.75, 3.05) is 11.9 Å². The van der Waals surface area contributed by atoms with Crippen LogP contribution in [0.4, 0.5) is 9.52 Å². The average molecular weight is 395 g/mol. The van der Waals surface area contributed by atoms with E-state index in [4.69, 9.17) is 0 Å². The fourth-order valence-corrected chi connectivity index (χ4v) is 3.90. The van der Waals surface area contributed by atoms with Crippen LogP contribution in [-0.2, 0) is 11.3 Å². The maximum absolute atomic E-state index is 13.4. The molecule has 1 aliphatic rings. The van der Waals surface area contributed by atoms with Gasteiger partial charge >= 0.3 is 0 Å². The SMILES string of the molecule is O=C(Nc1nc(-c2cccc(F)c2)cs1)c1cccc(CN2CCCC2=O)c1. The summed E-state index contributed by atoms with van der Waals surface area (Å²) in [4.78, 5) is 30.6. The number of amides is 2. The number of nitrogens with zero attached hydrogens (tertiary/aromatic N) is 2. The number of aromatic nitrogens is 1. The summed E-state index contributed by atoms with van der Waals surface area (Å²) < 4.78 is 13.4. The molecular weight excluding hydrogens is 377 g/mol.